The highest BCUT2D eigenvalue weighted by Crippen LogP contribution is 2.46. The molecule has 0 bridgehead atoms. The maximum absolute atomic E-state index is 13.2. The summed E-state index contributed by atoms with van der Waals surface area (Å²) in [5.41, 5.74) is 2.73. The van der Waals surface area contributed by atoms with Gasteiger partial charge in [0, 0.05) is 55.4 Å². The van der Waals surface area contributed by atoms with Gasteiger partial charge in [0.05, 0.1) is 6.10 Å². The van der Waals surface area contributed by atoms with E-state index in [0.29, 0.717) is 5.69 Å². The fourth-order valence-corrected chi connectivity index (χ4v) is 4.06. The lowest BCUT2D eigenvalue weighted by Gasteiger charge is -2.55. The van der Waals surface area contributed by atoms with E-state index in [1.54, 1.807) is 0 Å². The summed E-state index contributed by atoms with van der Waals surface area (Å²) < 4.78 is 5.84. The lowest BCUT2D eigenvalue weighted by atomic mass is 9.63. The molecular weight excluding hydrogens is 304 g/mol. The molecule has 6 heteroatoms. The maximum atomic E-state index is 13.2. The molecule has 1 aliphatic carbocycles. The standard InChI is InChI=1S/C18H30N4O2/c1-5-9-22(14-10-15(24-6-2)18(14,3)4)17(23)16-12-11-19-8-7-13(12)20-21-16/h14-15,19H,5-11H2,1-4H3,(H,20,21). The van der Waals surface area contributed by atoms with Crippen molar-refractivity contribution in [3.05, 3.63) is 17.0 Å². The van der Waals surface area contributed by atoms with E-state index in [-0.39, 0.29) is 23.5 Å². The number of nitrogens with zero attached hydrogens (tertiary/aromatic N) is 2. The second-order valence-electron chi connectivity index (χ2n) is 7.47. The van der Waals surface area contributed by atoms with Crippen LogP contribution in [0, 0.1) is 5.41 Å². The van der Waals surface area contributed by atoms with Crippen LogP contribution in [0.2, 0.25) is 0 Å². The Morgan fingerprint density at radius 2 is 2.21 bits per heavy atom. The molecule has 0 saturated heterocycles. The number of H-pyrrole nitrogens is 1. The number of hydrogen-bond acceptors (Lipinski definition) is 4. The van der Waals surface area contributed by atoms with E-state index in [4.69, 9.17) is 4.74 Å². The van der Waals surface area contributed by atoms with Gasteiger partial charge in [-0.3, -0.25) is 9.89 Å². The van der Waals surface area contributed by atoms with Gasteiger partial charge in [-0.05, 0) is 19.8 Å². The van der Waals surface area contributed by atoms with Crippen LogP contribution in [0.4, 0.5) is 0 Å². The Morgan fingerprint density at radius 1 is 1.42 bits per heavy atom. The summed E-state index contributed by atoms with van der Waals surface area (Å²) in [6.45, 7) is 11.7. The highest BCUT2D eigenvalue weighted by atomic mass is 16.5. The number of carbonyl (C=O) groups is 1. The Bertz CT molecular complexity index is 596. The summed E-state index contributed by atoms with van der Waals surface area (Å²) in [5.74, 6) is 0.0612. The summed E-state index contributed by atoms with van der Waals surface area (Å²) in [7, 11) is 0. The van der Waals surface area contributed by atoms with Crippen LogP contribution in [0.25, 0.3) is 0 Å². The van der Waals surface area contributed by atoms with Gasteiger partial charge in [0.1, 0.15) is 0 Å². The molecule has 2 atom stereocenters. The van der Waals surface area contributed by atoms with Gasteiger partial charge in [-0.15, -0.1) is 0 Å². The van der Waals surface area contributed by atoms with Crippen molar-refractivity contribution >= 4 is 5.91 Å². The van der Waals surface area contributed by atoms with Gasteiger partial charge in [0.15, 0.2) is 5.69 Å². The van der Waals surface area contributed by atoms with Gasteiger partial charge in [0.25, 0.3) is 5.91 Å². The van der Waals surface area contributed by atoms with Gasteiger partial charge in [-0.2, -0.15) is 5.10 Å². The zero-order valence-electron chi connectivity index (χ0n) is 15.3. The van der Waals surface area contributed by atoms with Crippen molar-refractivity contribution in [3.63, 3.8) is 0 Å². The number of amides is 1. The van der Waals surface area contributed by atoms with E-state index >= 15 is 0 Å². The second kappa shape index (κ2) is 6.84. The number of rotatable bonds is 6. The van der Waals surface area contributed by atoms with E-state index in [1.807, 2.05) is 11.8 Å². The zero-order chi connectivity index (χ0) is 17.3. The smallest absolute Gasteiger partial charge is 0.274 e. The molecule has 1 aliphatic heterocycles. The molecule has 1 aromatic rings. The first kappa shape index (κ1) is 17.4. The highest BCUT2D eigenvalue weighted by Gasteiger charge is 2.52. The Balaban J connectivity index is 1.81. The molecule has 2 unspecified atom stereocenters. The molecular formula is C18H30N4O2. The maximum Gasteiger partial charge on any atom is 0.274 e. The van der Waals surface area contributed by atoms with E-state index in [2.05, 4.69) is 36.3 Å². The van der Waals surface area contributed by atoms with Crippen LogP contribution >= 0.6 is 0 Å². The number of aromatic nitrogens is 2. The van der Waals surface area contributed by atoms with E-state index in [0.717, 1.165) is 56.8 Å². The third-order valence-corrected chi connectivity index (χ3v) is 5.60. The first-order valence-corrected chi connectivity index (χ1v) is 9.20. The molecule has 134 valence electrons. The monoisotopic (exact) mass is 334 g/mol. The van der Waals surface area contributed by atoms with Gasteiger partial charge in [-0.25, -0.2) is 0 Å². The Hall–Kier alpha value is -1.40. The summed E-state index contributed by atoms with van der Waals surface area (Å²) in [4.78, 5) is 15.3. The van der Waals surface area contributed by atoms with E-state index in [1.165, 1.54) is 0 Å². The molecule has 1 aromatic heterocycles. The van der Waals surface area contributed by atoms with Crippen LogP contribution in [-0.4, -0.2) is 52.8 Å². The van der Waals surface area contributed by atoms with Crippen molar-refractivity contribution in [2.75, 3.05) is 19.7 Å². The minimum atomic E-state index is -0.0184. The number of hydrogen-bond donors (Lipinski definition) is 2. The van der Waals surface area contributed by atoms with Crippen molar-refractivity contribution in [1.29, 1.82) is 0 Å². The number of nitrogens with one attached hydrogen (secondary N) is 2. The molecule has 2 heterocycles. The van der Waals surface area contributed by atoms with Crippen LogP contribution in [0.3, 0.4) is 0 Å². The largest absolute Gasteiger partial charge is 0.378 e. The third kappa shape index (κ3) is 2.86. The molecule has 0 radical (unpaired) electrons. The van der Waals surface area contributed by atoms with Gasteiger partial charge in [0.2, 0.25) is 0 Å². The highest BCUT2D eigenvalue weighted by molar-refractivity contribution is 5.94. The predicted molar refractivity (Wildman–Crippen MR) is 92.9 cm³/mol. The molecule has 1 amide bonds. The van der Waals surface area contributed by atoms with E-state index in [9.17, 15) is 4.79 Å². The van der Waals surface area contributed by atoms with Crippen LogP contribution < -0.4 is 5.32 Å². The molecule has 24 heavy (non-hydrogen) atoms. The summed E-state index contributed by atoms with van der Waals surface area (Å²) in [6, 6.07) is 0.213. The van der Waals surface area contributed by atoms with Crippen molar-refractivity contribution in [2.45, 2.75) is 65.6 Å². The van der Waals surface area contributed by atoms with Crippen LogP contribution in [0.5, 0.6) is 0 Å². The number of ether oxygens (including phenoxy) is 1. The molecule has 0 aromatic carbocycles. The average molecular weight is 334 g/mol. The van der Waals surface area contributed by atoms with E-state index < -0.39 is 0 Å². The quantitative estimate of drug-likeness (QED) is 0.836. The topological polar surface area (TPSA) is 70.2 Å². The predicted octanol–water partition coefficient (Wildman–Crippen LogP) is 2.11. The summed E-state index contributed by atoms with van der Waals surface area (Å²) in [6.07, 6.45) is 3.00. The lowest BCUT2D eigenvalue weighted by molar-refractivity contribution is -0.140. The SMILES string of the molecule is CCCN(C(=O)c1n[nH]c2c1CNCC2)C1CC(OCC)C1(C)C. The molecule has 6 nitrogen and oxygen atoms in total. The van der Waals surface area contributed by atoms with Crippen LogP contribution in [-0.2, 0) is 17.7 Å². The molecule has 1 fully saturated rings. The molecule has 2 N–H and O–H groups in total. The molecule has 0 spiro atoms. The van der Waals surface area contributed by atoms with Gasteiger partial charge in [-0.1, -0.05) is 20.8 Å². The minimum Gasteiger partial charge on any atom is -0.378 e. The van der Waals surface area contributed by atoms with Crippen LogP contribution in [0.1, 0.15) is 62.3 Å². The van der Waals surface area contributed by atoms with Crippen LogP contribution in [0.15, 0.2) is 0 Å². The number of fused-ring (bicyclic) bond motifs is 1. The Labute approximate surface area is 144 Å². The fourth-order valence-electron chi connectivity index (χ4n) is 4.06. The third-order valence-electron chi connectivity index (χ3n) is 5.60. The second-order valence-corrected chi connectivity index (χ2v) is 7.47. The summed E-state index contributed by atoms with van der Waals surface area (Å²) >= 11 is 0. The fraction of sp³-hybridized carbons (Fsp3) is 0.778. The van der Waals surface area contributed by atoms with Crippen molar-refractivity contribution in [3.8, 4) is 0 Å². The van der Waals surface area contributed by atoms with Crippen molar-refractivity contribution in [1.82, 2.24) is 20.4 Å². The first-order chi connectivity index (χ1) is 11.5. The minimum absolute atomic E-state index is 0.0184. The van der Waals surface area contributed by atoms with Crippen molar-refractivity contribution < 1.29 is 9.53 Å². The number of aromatic amines is 1. The normalized spacial score (nSPS) is 25.0. The molecule has 2 aliphatic rings. The van der Waals surface area contributed by atoms with Gasteiger partial charge >= 0.3 is 0 Å². The lowest BCUT2D eigenvalue weighted by Crippen LogP contribution is -2.63. The van der Waals surface area contributed by atoms with Crippen molar-refractivity contribution in [2.24, 2.45) is 5.41 Å². The zero-order valence-corrected chi connectivity index (χ0v) is 15.3. The molecule has 3 rings (SSSR count). The Kier molecular flexibility index (Phi) is 4.97. The first-order valence-electron chi connectivity index (χ1n) is 9.20. The molecule has 1 saturated carbocycles. The number of carbonyl (C=O) groups excluding carboxylic acids is 1. The summed E-state index contributed by atoms with van der Waals surface area (Å²) in [5, 5.41) is 10.8. The average Bonchev–Trinajstić information content (AvgIpc) is 3.00. The Morgan fingerprint density at radius 3 is 2.88 bits per heavy atom. The van der Waals surface area contributed by atoms with Gasteiger partial charge < -0.3 is 15.0 Å².